The van der Waals surface area contributed by atoms with Gasteiger partial charge in [-0.1, -0.05) is 12.1 Å². The number of hydrogen-bond donors (Lipinski definition) is 1. The minimum Gasteiger partial charge on any atom is -0.481 e. The van der Waals surface area contributed by atoms with Crippen LogP contribution in [0.5, 0.6) is 0 Å². The summed E-state index contributed by atoms with van der Waals surface area (Å²) in [5.41, 5.74) is 1.67. The second-order valence-corrected chi connectivity index (χ2v) is 3.11. The first-order valence-electron chi connectivity index (χ1n) is 4.29. The van der Waals surface area contributed by atoms with Crippen molar-refractivity contribution in [2.45, 2.75) is 13.3 Å². The van der Waals surface area contributed by atoms with Gasteiger partial charge in [0.05, 0.1) is 18.1 Å². The standard InChI is InChI=1S/C11H9NO3/c1-7-9(6-13)3-2-8(4-11(14)15)10(7)5-12/h2-3,6H,4H2,1H3,(H,14,15). The smallest absolute Gasteiger partial charge is 0.307 e. The number of carbonyl (C=O) groups excluding carboxylic acids is 1. The molecule has 0 saturated carbocycles. The van der Waals surface area contributed by atoms with Gasteiger partial charge in [-0.25, -0.2) is 0 Å². The molecule has 76 valence electrons. The first-order chi connectivity index (χ1) is 7.10. The minimum atomic E-state index is -0.996. The lowest BCUT2D eigenvalue weighted by atomic mass is 9.96. The summed E-state index contributed by atoms with van der Waals surface area (Å²) in [5, 5.41) is 17.5. The molecule has 0 aliphatic rings. The SMILES string of the molecule is Cc1c(C=O)ccc(CC(=O)O)c1C#N. The number of nitriles is 1. The van der Waals surface area contributed by atoms with Gasteiger partial charge in [-0.2, -0.15) is 5.26 Å². The molecule has 4 heteroatoms. The predicted octanol–water partition coefficient (Wildman–Crippen LogP) is 1.31. The molecule has 0 aliphatic heterocycles. The van der Waals surface area contributed by atoms with E-state index in [-0.39, 0.29) is 12.0 Å². The van der Waals surface area contributed by atoms with E-state index < -0.39 is 5.97 Å². The van der Waals surface area contributed by atoms with Crippen LogP contribution in [-0.4, -0.2) is 17.4 Å². The number of rotatable bonds is 3. The number of hydrogen-bond acceptors (Lipinski definition) is 3. The quantitative estimate of drug-likeness (QED) is 0.751. The normalized spacial score (nSPS) is 9.33. The highest BCUT2D eigenvalue weighted by molar-refractivity contribution is 5.80. The van der Waals surface area contributed by atoms with Crippen molar-refractivity contribution < 1.29 is 14.7 Å². The maximum atomic E-state index is 10.6. The summed E-state index contributed by atoms with van der Waals surface area (Å²) in [6, 6.07) is 4.95. The Hall–Kier alpha value is -2.15. The third kappa shape index (κ3) is 2.20. The van der Waals surface area contributed by atoms with Gasteiger partial charge in [0.25, 0.3) is 0 Å². The lowest BCUT2D eigenvalue weighted by Gasteiger charge is -2.06. The van der Waals surface area contributed by atoms with Gasteiger partial charge in [0.1, 0.15) is 6.29 Å². The molecule has 15 heavy (non-hydrogen) atoms. The molecule has 0 fully saturated rings. The van der Waals surface area contributed by atoms with Gasteiger partial charge < -0.3 is 5.11 Å². The van der Waals surface area contributed by atoms with Crippen LogP contribution in [0.1, 0.15) is 27.0 Å². The lowest BCUT2D eigenvalue weighted by molar-refractivity contribution is -0.136. The second-order valence-electron chi connectivity index (χ2n) is 3.11. The van der Waals surface area contributed by atoms with E-state index in [4.69, 9.17) is 10.4 Å². The number of carbonyl (C=O) groups is 2. The molecule has 0 heterocycles. The Morgan fingerprint density at radius 1 is 1.60 bits per heavy atom. The van der Waals surface area contributed by atoms with Crippen molar-refractivity contribution in [1.29, 1.82) is 5.26 Å². The molecular formula is C11H9NO3. The van der Waals surface area contributed by atoms with Gasteiger partial charge in [0, 0.05) is 5.56 Å². The van der Waals surface area contributed by atoms with Gasteiger partial charge >= 0.3 is 5.97 Å². The first-order valence-corrected chi connectivity index (χ1v) is 4.29. The molecule has 0 aromatic heterocycles. The van der Waals surface area contributed by atoms with Crippen LogP contribution in [0.2, 0.25) is 0 Å². The maximum absolute atomic E-state index is 10.6. The van der Waals surface area contributed by atoms with E-state index in [0.717, 1.165) is 0 Å². The third-order valence-corrected chi connectivity index (χ3v) is 2.17. The van der Waals surface area contributed by atoms with E-state index in [0.29, 0.717) is 23.0 Å². The van der Waals surface area contributed by atoms with Crippen LogP contribution in [-0.2, 0) is 11.2 Å². The van der Waals surface area contributed by atoms with Crippen molar-refractivity contribution in [3.8, 4) is 6.07 Å². The number of nitrogens with zero attached hydrogens (tertiary/aromatic N) is 1. The van der Waals surface area contributed by atoms with Crippen molar-refractivity contribution in [2.75, 3.05) is 0 Å². The number of aldehydes is 1. The van der Waals surface area contributed by atoms with Crippen molar-refractivity contribution in [3.63, 3.8) is 0 Å². The summed E-state index contributed by atoms with van der Waals surface area (Å²) >= 11 is 0. The van der Waals surface area contributed by atoms with Crippen molar-refractivity contribution in [2.24, 2.45) is 0 Å². The van der Waals surface area contributed by atoms with Crippen LogP contribution < -0.4 is 0 Å². The zero-order chi connectivity index (χ0) is 11.4. The second kappa shape index (κ2) is 4.38. The minimum absolute atomic E-state index is 0.205. The molecule has 0 amide bonds. The molecule has 0 unspecified atom stereocenters. The fourth-order valence-electron chi connectivity index (χ4n) is 1.38. The first kappa shape index (κ1) is 10.9. The van der Waals surface area contributed by atoms with E-state index in [1.807, 2.05) is 6.07 Å². The molecule has 1 rings (SSSR count). The van der Waals surface area contributed by atoms with Gasteiger partial charge in [0.2, 0.25) is 0 Å². The maximum Gasteiger partial charge on any atom is 0.307 e. The average Bonchev–Trinajstić information content (AvgIpc) is 2.18. The largest absolute Gasteiger partial charge is 0.481 e. The molecule has 1 aromatic rings. The lowest BCUT2D eigenvalue weighted by Crippen LogP contribution is -2.04. The number of aliphatic carboxylic acids is 1. The van der Waals surface area contributed by atoms with E-state index in [2.05, 4.69) is 0 Å². The number of benzene rings is 1. The molecule has 0 atom stereocenters. The zero-order valence-electron chi connectivity index (χ0n) is 8.15. The Kier molecular flexibility index (Phi) is 3.19. The molecule has 0 spiro atoms. The highest BCUT2D eigenvalue weighted by Gasteiger charge is 2.11. The number of carboxylic acids is 1. The topological polar surface area (TPSA) is 78.2 Å². The Morgan fingerprint density at radius 2 is 2.27 bits per heavy atom. The van der Waals surface area contributed by atoms with Crippen molar-refractivity contribution in [1.82, 2.24) is 0 Å². The monoisotopic (exact) mass is 203 g/mol. The Morgan fingerprint density at radius 3 is 2.73 bits per heavy atom. The average molecular weight is 203 g/mol. The summed E-state index contributed by atoms with van der Waals surface area (Å²) in [7, 11) is 0. The van der Waals surface area contributed by atoms with Gasteiger partial charge in [-0.3, -0.25) is 9.59 Å². The van der Waals surface area contributed by atoms with Gasteiger partial charge in [-0.05, 0) is 18.1 Å². The Bertz CT molecular complexity index is 458. The van der Waals surface area contributed by atoms with Gasteiger partial charge in [0.15, 0.2) is 0 Å². The highest BCUT2D eigenvalue weighted by atomic mass is 16.4. The van der Waals surface area contributed by atoms with Crippen LogP contribution in [0.25, 0.3) is 0 Å². The molecule has 1 aromatic carbocycles. The molecular weight excluding hydrogens is 194 g/mol. The van der Waals surface area contributed by atoms with E-state index >= 15 is 0 Å². The van der Waals surface area contributed by atoms with Crippen molar-refractivity contribution >= 4 is 12.3 Å². The molecule has 1 N–H and O–H groups in total. The Balaban J connectivity index is 3.32. The van der Waals surface area contributed by atoms with E-state index in [9.17, 15) is 9.59 Å². The van der Waals surface area contributed by atoms with Gasteiger partial charge in [-0.15, -0.1) is 0 Å². The molecule has 4 nitrogen and oxygen atoms in total. The van der Waals surface area contributed by atoms with Crippen LogP contribution in [0.15, 0.2) is 12.1 Å². The summed E-state index contributed by atoms with van der Waals surface area (Å²) in [6.45, 7) is 1.63. The molecule has 0 saturated heterocycles. The summed E-state index contributed by atoms with van der Waals surface area (Å²) in [5.74, 6) is -0.996. The number of carboxylic acid groups (broad SMARTS) is 1. The highest BCUT2D eigenvalue weighted by Crippen LogP contribution is 2.17. The van der Waals surface area contributed by atoms with E-state index in [1.165, 1.54) is 12.1 Å². The molecule has 0 radical (unpaired) electrons. The molecule has 0 bridgehead atoms. The predicted molar refractivity (Wildman–Crippen MR) is 52.6 cm³/mol. The summed E-state index contributed by atoms with van der Waals surface area (Å²) in [4.78, 5) is 21.1. The Labute approximate surface area is 86.8 Å². The van der Waals surface area contributed by atoms with Crippen molar-refractivity contribution in [3.05, 3.63) is 34.4 Å². The summed E-state index contributed by atoms with van der Waals surface area (Å²) < 4.78 is 0. The van der Waals surface area contributed by atoms with Crippen LogP contribution in [0, 0.1) is 18.3 Å². The van der Waals surface area contributed by atoms with Crippen LogP contribution in [0.3, 0.4) is 0 Å². The molecule has 0 aliphatic carbocycles. The van der Waals surface area contributed by atoms with E-state index in [1.54, 1.807) is 6.92 Å². The van der Waals surface area contributed by atoms with Crippen LogP contribution in [0.4, 0.5) is 0 Å². The fraction of sp³-hybridized carbons (Fsp3) is 0.182. The fourth-order valence-corrected chi connectivity index (χ4v) is 1.38. The zero-order valence-corrected chi connectivity index (χ0v) is 8.15. The third-order valence-electron chi connectivity index (χ3n) is 2.17. The summed E-state index contributed by atoms with van der Waals surface area (Å²) in [6.07, 6.45) is 0.448. The van der Waals surface area contributed by atoms with Crippen LogP contribution >= 0.6 is 0 Å².